The molecule has 0 amide bonds. The van der Waals surface area contributed by atoms with Crippen LogP contribution in [0.5, 0.6) is 0 Å². The van der Waals surface area contributed by atoms with Gasteiger partial charge in [-0.15, -0.1) is 5.10 Å². The molecule has 1 saturated heterocycles. The predicted octanol–water partition coefficient (Wildman–Crippen LogP) is 2.00. The zero-order valence-corrected chi connectivity index (χ0v) is 18.0. The topological polar surface area (TPSA) is 102 Å². The largest absolute Gasteiger partial charge is 0.360 e. The molecule has 1 aromatic carbocycles. The van der Waals surface area contributed by atoms with Crippen LogP contribution in [0, 0.1) is 13.8 Å². The van der Waals surface area contributed by atoms with E-state index < -0.39 is 10.0 Å². The van der Waals surface area contributed by atoms with Crippen molar-refractivity contribution in [3.63, 3.8) is 0 Å². The number of hydrogen-bond acceptors (Lipinski definition) is 7. The maximum Gasteiger partial charge on any atom is 0.271 e. The SMILES string of the molecule is Cc1noc(C)c1S(=O)(=O)N1CCN(c2ccc(=O)n(-c3ccc(Cl)cc3)n2)CC1. The molecular weight excluding hydrogens is 430 g/mol. The van der Waals surface area contributed by atoms with Gasteiger partial charge in [-0.25, -0.2) is 8.42 Å². The van der Waals surface area contributed by atoms with Gasteiger partial charge in [0.05, 0.1) is 5.69 Å². The molecule has 2 aromatic heterocycles. The van der Waals surface area contributed by atoms with Crippen LogP contribution in [0.15, 0.2) is 50.6 Å². The average Bonchev–Trinajstić information content (AvgIpc) is 3.08. The molecule has 0 atom stereocenters. The van der Waals surface area contributed by atoms with Crippen molar-refractivity contribution in [2.75, 3.05) is 31.1 Å². The molecule has 4 rings (SSSR count). The molecular formula is C19H20ClN5O4S. The van der Waals surface area contributed by atoms with E-state index in [1.54, 1.807) is 44.2 Å². The lowest BCUT2D eigenvalue weighted by molar-refractivity contribution is 0.377. The highest BCUT2D eigenvalue weighted by atomic mass is 35.5. The summed E-state index contributed by atoms with van der Waals surface area (Å²) in [6.45, 7) is 4.65. The number of benzene rings is 1. The molecule has 0 radical (unpaired) electrons. The molecule has 3 heterocycles. The molecule has 0 spiro atoms. The maximum absolute atomic E-state index is 13.0. The molecule has 1 aliphatic heterocycles. The van der Waals surface area contributed by atoms with Crippen molar-refractivity contribution < 1.29 is 12.9 Å². The number of aryl methyl sites for hydroxylation is 2. The first-order chi connectivity index (χ1) is 14.3. The summed E-state index contributed by atoms with van der Waals surface area (Å²) in [5, 5.41) is 8.77. The van der Waals surface area contributed by atoms with Crippen molar-refractivity contribution in [3.8, 4) is 5.69 Å². The maximum atomic E-state index is 13.0. The first-order valence-corrected chi connectivity index (χ1v) is 11.1. The Morgan fingerprint density at radius 2 is 1.67 bits per heavy atom. The molecule has 0 bridgehead atoms. The van der Waals surface area contributed by atoms with E-state index >= 15 is 0 Å². The van der Waals surface area contributed by atoms with Gasteiger partial charge in [-0.05, 0) is 44.2 Å². The highest BCUT2D eigenvalue weighted by Gasteiger charge is 2.33. The first kappa shape index (κ1) is 20.6. The number of nitrogens with zero attached hydrogens (tertiary/aromatic N) is 5. The number of anilines is 1. The van der Waals surface area contributed by atoms with Gasteiger partial charge in [0.2, 0.25) is 10.0 Å². The van der Waals surface area contributed by atoms with Crippen molar-refractivity contribution >= 4 is 27.4 Å². The van der Waals surface area contributed by atoms with Crippen LogP contribution in [-0.2, 0) is 10.0 Å². The van der Waals surface area contributed by atoms with Gasteiger partial charge >= 0.3 is 0 Å². The molecule has 0 saturated carbocycles. The zero-order valence-electron chi connectivity index (χ0n) is 16.4. The van der Waals surface area contributed by atoms with Crippen molar-refractivity contribution in [1.29, 1.82) is 0 Å². The van der Waals surface area contributed by atoms with Gasteiger partial charge in [0.15, 0.2) is 5.76 Å². The number of halogens is 1. The molecule has 158 valence electrons. The Labute approximate surface area is 178 Å². The number of piperazine rings is 1. The lowest BCUT2D eigenvalue weighted by Crippen LogP contribution is -2.49. The summed E-state index contributed by atoms with van der Waals surface area (Å²) in [5.41, 5.74) is 0.693. The highest BCUT2D eigenvalue weighted by molar-refractivity contribution is 7.89. The van der Waals surface area contributed by atoms with E-state index in [2.05, 4.69) is 10.3 Å². The second-order valence-electron chi connectivity index (χ2n) is 6.96. The summed E-state index contributed by atoms with van der Waals surface area (Å²) < 4.78 is 33.7. The zero-order chi connectivity index (χ0) is 21.5. The van der Waals surface area contributed by atoms with Crippen molar-refractivity contribution in [2.45, 2.75) is 18.7 Å². The first-order valence-electron chi connectivity index (χ1n) is 9.31. The van der Waals surface area contributed by atoms with Crippen LogP contribution < -0.4 is 10.5 Å². The summed E-state index contributed by atoms with van der Waals surface area (Å²) in [6.07, 6.45) is 0. The van der Waals surface area contributed by atoms with Gasteiger partial charge in [0, 0.05) is 37.3 Å². The Morgan fingerprint density at radius 1 is 1.00 bits per heavy atom. The molecule has 0 aliphatic carbocycles. The minimum atomic E-state index is -3.69. The fraction of sp³-hybridized carbons (Fsp3) is 0.316. The van der Waals surface area contributed by atoms with E-state index in [0.717, 1.165) is 0 Å². The Balaban J connectivity index is 1.54. The Kier molecular flexibility index (Phi) is 5.39. The van der Waals surface area contributed by atoms with Crippen LogP contribution in [0.2, 0.25) is 5.02 Å². The average molecular weight is 450 g/mol. The highest BCUT2D eigenvalue weighted by Crippen LogP contribution is 2.25. The van der Waals surface area contributed by atoms with Gasteiger partial charge in [-0.2, -0.15) is 8.99 Å². The third kappa shape index (κ3) is 3.73. The van der Waals surface area contributed by atoms with Crippen molar-refractivity contribution in [3.05, 3.63) is 63.2 Å². The molecule has 0 N–H and O–H groups in total. The fourth-order valence-electron chi connectivity index (χ4n) is 3.47. The third-order valence-electron chi connectivity index (χ3n) is 4.99. The van der Waals surface area contributed by atoms with E-state index in [1.165, 1.54) is 15.1 Å². The number of rotatable bonds is 4. The van der Waals surface area contributed by atoms with Crippen LogP contribution in [0.25, 0.3) is 5.69 Å². The van der Waals surface area contributed by atoms with Crippen molar-refractivity contribution in [2.24, 2.45) is 0 Å². The van der Waals surface area contributed by atoms with E-state index in [0.29, 0.717) is 35.3 Å². The Hall–Kier alpha value is -2.69. The smallest absolute Gasteiger partial charge is 0.271 e. The molecule has 30 heavy (non-hydrogen) atoms. The van der Waals surface area contributed by atoms with Gasteiger partial charge < -0.3 is 9.42 Å². The van der Waals surface area contributed by atoms with Gasteiger partial charge in [0.1, 0.15) is 16.4 Å². The predicted molar refractivity (Wildman–Crippen MR) is 112 cm³/mol. The van der Waals surface area contributed by atoms with Crippen molar-refractivity contribution in [1.82, 2.24) is 19.2 Å². The lowest BCUT2D eigenvalue weighted by Gasteiger charge is -2.34. The minimum absolute atomic E-state index is 0.130. The van der Waals surface area contributed by atoms with Gasteiger partial charge in [-0.3, -0.25) is 4.79 Å². The second-order valence-corrected chi connectivity index (χ2v) is 9.27. The van der Waals surface area contributed by atoms with E-state index in [9.17, 15) is 13.2 Å². The molecule has 9 nitrogen and oxygen atoms in total. The summed E-state index contributed by atoms with van der Waals surface area (Å²) in [4.78, 5) is 14.3. The molecule has 11 heteroatoms. The second kappa shape index (κ2) is 7.86. The lowest BCUT2D eigenvalue weighted by atomic mass is 10.3. The minimum Gasteiger partial charge on any atom is -0.360 e. The summed E-state index contributed by atoms with van der Waals surface area (Å²) in [6, 6.07) is 9.91. The normalized spacial score (nSPS) is 15.5. The van der Waals surface area contributed by atoms with E-state index in [1.807, 2.05) is 4.90 Å². The molecule has 1 aliphatic rings. The van der Waals surface area contributed by atoms with Gasteiger partial charge in [-0.1, -0.05) is 16.8 Å². The molecule has 3 aromatic rings. The van der Waals surface area contributed by atoms with Gasteiger partial charge in [0.25, 0.3) is 5.56 Å². The van der Waals surface area contributed by atoms with Crippen LogP contribution in [0.3, 0.4) is 0 Å². The quantitative estimate of drug-likeness (QED) is 0.600. The third-order valence-corrected chi connectivity index (χ3v) is 7.38. The summed E-state index contributed by atoms with van der Waals surface area (Å²) in [7, 11) is -3.69. The van der Waals surface area contributed by atoms with E-state index in [-0.39, 0.29) is 29.3 Å². The molecule has 0 unspecified atom stereocenters. The van der Waals surface area contributed by atoms with Crippen LogP contribution in [0.4, 0.5) is 5.82 Å². The van der Waals surface area contributed by atoms with Crippen LogP contribution in [0.1, 0.15) is 11.5 Å². The number of aromatic nitrogens is 3. The fourth-order valence-corrected chi connectivity index (χ4v) is 5.31. The number of hydrogen-bond donors (Lipinski definition) is 0. The summed E-state index contributed by atoms with van der Waals surface area (Å²) in [5.74, 6) is 0.880. The van der Waals surface area contributed by atoms with E-state index in [4.69, 9.17) is 16.1 Å². The van der Waals surface area contributed by atoms with Crippen LogP contribution in [-0.4, -0.2) is 53.8 Å². The molecule has 1 fully saturated rings. The summed E-state index contributed by atoms with van der Waals surface area (Å²) >= 11 is 5.92. The van der Waals surface area contributed by atoms with Crippen LogP contribution >= 0.6 is 11.6 Å². The Morgan fingerprint density at radius 3 is 2.27 bits per heavy atom. The Bertz CT molecular complexity index is 1210. The number of sulfonamides is 1. The monoisotopic (exact) mass is 449 g/mol. The standard InChI is InChI=1S/C19H20ClN5O4S/c1-13-19(14(2)29-22-13)30(27,28)24-11-9-23(10-12-24)17-7-8-18(26)25(21-17)16-5-3-15(20)4-6-16/h3-8H,9-12H2,1-2H3.